The van der Waals surface area contributed by atoms with Gasteiger partial charge in [-0.2, -0.15) is 15.1 Å². The van der Waals surface area contributed by atoms with E-state index < -0.39 is 17.6 Å². The van der Waals surface area contributed by atoms with Crippen LogP contribution in [-0.4, -0.2) is 97.8 Å². The first-order valence-electron chi connectivity index (χ1n) is 14.7. The molecule has 3 aromatic rings. The van der Waals surface area contributed by atoms with E-state index in [9.17, 15) is 9.18 Å². The summed E-state index contributed by atoms with van der Waals surface area (Å²) in [7, 11) is 1.79. The molecule has 13 heteroatoms. The van der Waals surface area contributed by atoms with Crippen molar-refractivity contribution in [1.29, 1.82) is 0 Å². The zero-order chi connectivity index (χ0) is 29.6. The highest BCUT2D eigenvalue weighted by molar-refractivity contribution is 9.10. The first kappa shape index (κ1) is 28.0. The number of aromatic nitrogens is 4. The van der Waals surface area contributed by atoms with E-state index >= 15 is 4.39 Å². The molecule has 42 heavy (non-hydrogen) atoms. The number of rotatable bonds is 4. The second-order valence-electron chi connectivity index (χ2n) is 13.3. The maximum atomic E-state index is 16.0. The summed E-state index contributed by atoms with van der Waals surface area (Å²) in [6.45, 7) is 8.14. The number of hydrogen-bond donors (Lipinski definition) is 0. The van der Waals surface area contributed by atoms with Crippen molar-refractivity contribution < 1.29 is 23.0 Å². The fourth-order valence-electron chi connectivity index (χ4n) is 7.51. The van der Waals surface area contributed by atoms with Crippen LogP contribution in [-0.2, 0) is 11.8 Å². The van der Waals surface area contributed by atoms with Crippen LogP contribution in [0.2, 0.25) is 0 Å². The van der Waals surface area contributed by atoms with E-state index in [4.69, 9.17) is 14.5 Å². The lowest BCUT2D eigenvalue weighted by atomic mass is 9.95. The van der Waals surface area contributed by atoms with Crippen LogP contribution < -0.4 is 9.64 Å². The first-order chi connectivity index (χ1) is 19.9. The van der Waals surface area contributed by atoms with E-state index in [0.29, 0.717) is 42.8 Å². The molecule has 1 amide bonds. The zero-order valence-electron chi connectivity index (χ0n) is 24.4. The van der Waals surface area contributed by atoms with Gasteiger partial charge < -0.3 is 14.4 Å². The lowest BCUT2D eigenvalue weighted by molar-refractivity contribution is 0.0122. The van der Waals surface area contributed by atoms with E-state index in [0.717, 1.165) is 37.6 Å². The van der Waals surface area contributed by atoms with Crippen LogP contribution in [0.5, 0.6) is 6.01 Å². The van der Waals surface area contributed by atoms with E-state index in [2.05, 4.69) is 35.8 Å². The van der Waals surface area contributed by atoms with E-state index in [1.165, 1.54) is 0 Å². The Labute approximate surface area is 251 Å². The molecule has 0 N–H and O–H groups in total. The van der Waals surface area contributed by atoms with Gasteiger partial charge in [-0.3, -0.25) is 14.5 Å². The molecule has 4 fully saturated rings. The SMILES string of the molecule is Cn1cc2c(n1)c(Br)c(F)c1nc(OC[C@@]34CCCN3C[C@H](F)C4)nc(N3C[C@H]4CC[C@@H](C3)N4C(=O)OC(C)(C)C)c12. The lowest BCUT2D eigenvalue weighted by Crippen LogP contribution is -2.57. The normalized spacial score (nSPS) is 27.8. The van der Waals surface area contributed by atoms with E-state index in [1.807, 2.05) is 31.9 Å². The van der Waals surface area contributed by atoms with Gasteiger partial charge in [-0.25, -0.2) is 13.6 Å². The molecule has 0 radical (unpaired) electrons. The Kier molecular flexibility index (Phi) is 6.58. The van der Waals surface area contributed by atoms with Crippen molar-refractivity contribution >= 4 is 49.6 Å². The van der Waals surface area contributed by atoms with Crippen LogP contribution in [0.25, 0.3) is 21.8 Å². The monoisotopic (exact) mass is 647 g/mol. The molecule has 0 unspecified atom stereocenters. The van der Waals surface area contributed by atoms with Crippen LogP contribution in [0, 0.1) is 5.82 Å². The number of nitrogens with zero attached hydrogens (tertiary/aromatic N) is 7. The van der Waals surface area contributed by atoms with Crippen molar-refractivity contribution in [3.8, 4) is 6.01 Å². The molecule has 1 aromatic carbocycles. The highest BCUT2D eigenvalue weighted by Gasteiger charge is 2.50. The highest BCUT2D eigenvalue weighted by atomic mass is 79.9. The number of halogens is 3. The minimum Gasteiger partial charge on any atom is -0.461 e. The predicted octanol–water partition coefficient (Wildman–Crippen LogP) is 4.96. The second-order valence-corrected chi connectivity index (χ2v) is 14.1. The quantitative estimate of drug-likeness (QED) is 0.393. The molecule has 4 aliphatic heterocycles. The molecule has 4 aliphatic rings. The number of amides is 1. The highest BCUT2D eigenvalue weighted by Crippen LogP contribution is 2.43. The topological polar surface area (TPSA) is 88.9 Å². The van der Waals surface area contributed by atoms with E-state index in [-0.39, 0.29) is 46.3 Å². The van der Waals surface area contributed by atoms with Crippen molar-refractivity contribution in [3.63, 3.8) is 0 Å². The largest absolute Gasteiger partial charge is 0.461 e. The summed E-state index contributed by atoms with van der Waals surface area (Å²) in [5.74, 6) is 0.0149. The molecule has 6 heterocycles. The van der Waals surface area contributed by atoms with Crippen molar-refractivity contribution in [2.24, 2.45) is 7.05 Å². The Morgan fingerprint density at radius 2 is 1.90 bits per heavy atom. The number of piperazine rings is 1. The number of aryl methyl sites for hydroxylation is 1. The Bertz CT molecular complexity index is 1560. The Morgan fingerprint density at radius 3 is 2.62 bits per heavy atom. The van der Waals surface area contributed by atoms with Crippen molar-refractivity contribution in [1.82, 2.24) is 29.5 Å². The Morgan fingerprint density at radius 1 is 1.17 bits per heavy atom. The molecule has 226 valence electrons. The molecule has 0 spiro atoms. The molecule has 2 bridgehead atoms. The van der Waals surface area contributed by atoms with E-state index in [1.54, 1.807) is 11.7 Å². The van der Waals surface area contributed by atoms with Crippen LogP contribution in [0.3, 0.4) is 0 Å². The van der Waals surface area contributed by atoms with Crippen LogP contribution in [0.15, 0.2) is 10.7 Å². The summed E-state index contributed by atoms with van der Waals surface area (Å²) < 4.78 is 44.2. The number of anilines is 1. The molecule has 7 rings (SSSR count). The van der Waals surface area contributed by atoms with Gasteiger partial charge in [0.05, 0.1) is 27.5 Å². The Hall–Kier alpha value is -2.80. The fraction of sp³-hybridized carbons (Fsp3) is 0.655. The number of hydrogen-bond acceptors (Lipinski definition) is 8. The third-order valence-electron chi connectivity index (χ3n) is 9.19. The molecular weight excluding hydrogens is 612 g/mol. The number of carbonyl (C=O) groups is 1. The van der Waals surface area contributed by atoms with Crippen LogP contribution in [0.1, 0.15) is 52.9 Å². The molecule has 4 atom stereocenters. The third-order valence-corrected chi connectivity index (χ3v) is 9.92. The van der Waals surface area contributed by atoms with Gasteiger partial charge in [-0.05, 0) is 68.9 Å². The second kappa shape index (κ2) is 9.87. The smallest absolute Gasteiger partial charge is 0.410 e. The van der Waals surface area contributed by atoms with Gasteiger partial charge in [0.15, 0.2) is 5.82 Å². The summed E-state index contributed by atoms with van der Waals surface area (Å²) in [5, 5.41) is 5.77. The molecule has 4 saturated heterocycles. The van der Waals surface area contributed by atoms with Crippen molar-refractivity contribution in [2.75, 3.05) is 37.7 Å². The number of ether oxygens (including phenoxy) is 2. The summed E-state index contributed by atoms with van der Waals surface area (Å²) in [4.78, 5) is 28.7. The summed E-state index contributed by atoms with van der Waals surface area (Å²) >= 11 is 3.40. The number of alkyl halides is 1. The molecular formula is C29H36BrF2N7O3. The lowest BCUT2D eigenvalue weighted by Gasteiger charge is -2.42. The minimum absolute atomic E-state index is 0.0661. The first-order valence-corrected chi connectivity index (χ1v) is 15.5. The molecule has 0 aliphatic carbocycles. The molecule has 10 nitrogen and oxygen atoms in total. The molecule has 0 saturated carbocycles. The van der Waals surface area contributed by atoms with Gasteiger partial charge in [-0.1, -0.05) is 0 Å². The zero-order valence-corrected chi connectivity index (χ0v) is 26.0. The van der Waals surface area contributed by atoms with Crippen molar-refractivity contribution in [2.45, 2.75) is 82.3 Å². The van der Waals surface area contributed by atoms with Crippen molar-refractivity contribution in [3.05, 3.63) is 16.5 Å². The number of carbonyl (C=O) groups excluding carboxylic acids is 1. The summed E-state index contributed by atoms with van der Waals surface area (Å²) in [6, 6.07) is -0.0656. The van der Waals surface area contributed by atoms with Gasteiger partial charge in [-0.15, -0.1) is 0 Å². The van der Waals surface area contributed by atoms with Gasteiger partial charge in [0.25, 0.3) is 0 Å². The number of fused-ring (bicyclic) bond motifs is 6. The predicted molar refractivity (Wildman–Crippen MR) is 157 cm³/mol. The van der Waals surface area contributed by atoms with Crippen LogP contribution >= 0.6 is 15.9 Å². The number of benzene rings is 1. The Balaban J connectivity index is 1.28. The molecule has 2 aromatic heterocycles. The average Bonchev–Trinajstić information content (AvgIpc) is 3.64. The van der Waals surface area contributed by atoms with Gasteiger partial charge in [0.1, 0.15) is 35.2 Å². The van der Waals surface area contributed by atoms with Crippen LogP contribution in [0.4, 0.5) is 19.4 Å². The van der Waals surface area contributed by atoms with Gasteiger partial charge in [0, 0.05) is 44.7 Å². The maximum Gasteiger partial charge on any atom is 0.410 e. The fourth-order valence-corrected chi connectivity index (χ4v) is 7.99. The summed E-state index contributed by atoms with van der Waals surface area (Å²) in [6.07, 6.45) is 4.60. The third kappa shape index (κ3) is 4.58. The standard InChI is InChI=1S/C29H36BrF2N7O3/c1-28(2,3)42-27(40)39-17-6-7-18(39)13-37(12-17)25-20-19-14-36(4)35-23(19)21(30)22(32)24(20)33-26(34-25)41-15-29-8-5-9-38(29)11-16(31)10-29/h14,16-18H,5-13,15H2,1-4H3/t16-,17-,18+,29+/m1/s1. The minimum atomic E-state index is -0.883. The average molecular weight is 649 g/mol. The van der Waals surface area contributed by atoms with Gasteiger partial charge >= 0.3 is 12.1 Å². The summed E-state index contributed by atoms with van der Waals surface area (Å²) in [5.41, 5.74) is -0.352. The maximum absolute atomic E-state index is 16.0. The van der Waals surface area contributed by atoms with Gasteiger partial charge in [0.2, 0.25) is 0 Å².